The lowest BCUT2D eigenvalue weighted by Crippen LogP contribution is -2.51. The standard InChI is InChI=1S/C18H23FN4O2/c1-13-16(14(2)25-21-13)11-20-18(24)23-9-7-22(8-10-23)12-15-5-3-4-6-17(15)19/h3-6H,7-12H2,1-2H3,(H,20,24). The summed E-state index contributed by atoms with van der Waals surface area (Å²) in [4.78, 5) is 16.3. The fourth-order valence-corrected chi connectivity index (χ4v) is 3.01. The third-order valence-corrected chi connectivity index (χ3v) is 4.61. The molecule has 25 heavy (non-hydrogen) atoms. The maximum atomic E-state index is 13.7. The summed E-state index contributed by atoms with van der Waals surface area (Å²) >= 11 is 0. The van der Waals surface area contributed by atoms with E-state index in [4.69, 9.17) is 4.52 Å². The van der Waals surface area contributed by atoms with Crippen LogP contribution >= 0.6 is 0 Å². The van der Waals surface area contributed by atoms with E-state index in [2.05, 4.69) is 15.4 Å². The molecule has 7 heteroatoms. The number of aryl methyl sites for hydroxylation is 2. The van der Waals surface area contributed by atoms with E-state index in [0.29, 0.717) is 31.7 Å². The van der Waals surface area contributed by atoms with Crippen molar-refractivity contribution < 1.29 is 13.7 Å². The molecule has 0 spiro atoms. The fourth-order valence-electron chi connectivity index (χ4n) is 3.01. The molecular weight excluding hydrogens is 323 g/mol. The molecule has 2 aromatic rings. The van der Waals surface area contributed by atoms with Crippen molar-refractivity contribution in [1.29, 1.82) is 0 Å². The topological polar surface area (TPSA) is 61.6 Å². The number of urea groups is 1. The van der Waals surface area contributed by atoms with Crippen molar-refractivity contribution in [2.45, 2.75) is 26.9 Å². The van der Waals surface area contributed by atoms with Gasteiger partial charge < -0.3 is 14.7 Å². The minimum Gasteiger partial charge on any atom is -0.361 e. The zero-order chi connectivity index (χ0) is 17.8. The van der Waals surface area contributed by atoms with Gasteiger partial charge in [-0.3, -0.25) is 4.90 Å². The Hall–Kier alpha value is -2.41. The Morgan fingerprint density at radius 3 is 2.60 bits per heavy atom. The lowest BCUT2D eigenvalue weighted by atomic mass is 10.2. The van der Waals surface area contributed by atoms with Gasteiger partial charge in [0.05, 0.1) is 5.69 Å². The molecule has 0 bridgehead atoms. The van der Waals surface area contributed by atoms with Crippen LogP contribution in [0, 0.1) is 19.7 Å². The number of hydrogen-bond acceptors (Lipinski definition) is 4. The molecule has 0 saturated carbocycles. The van der Waals surface area contributed by atoms with Crippen LogP contribution in [0.1, 0.15) is 22.6 Å². The number of hydrogen-bond donors (Lipinski definition) is 1. The second-order valence-corrected chi connectivity index (χ2v) is 6.32. The van der Waals surface area contributed by atoms with Crippen LogP contribution in [0.2, 0.25) is 0 Å². The number of piperazine rings is 1. The van der Waals surface area contributed by atoms with Gasteiger partial charge in [-0.1, -0.05) is 23.4 Å². The number of rotatable bonds is 4. The van der Waals surface area contributed by atoms with Gasteiger partial charge in [0.1, 0.15) is 11.6 Å². The maximum Gasteiger partial charge on any atom is 0.317 e. The van der Waals surface area contributed by atoms with Gasteiger partial charge in [0.15, 0.2) is 0 Å². The van der Waals surface area contributed by atoms with Crippen molar-refractivity contribution in [1.82, 2.24) is 20.3 Å². The predicted octanol–water partition coefficient (Wildman–Crippen LogP) is 2.46. The van der Waals surface area contributed by atoms with Crippen molar-refractivity contribution in [2.75, 3.05) is 26.2 Å². The van der Waals surface area contributed by atoms with Crippen molar-refractivity contribution in [3.05, 3.63) is 52.7 Å². The van der Waals surface area contributed by atoms with E-state index >= 15 is 0 Å². The molecule has 2 heterocycles. The lowest BCUT2D eigenvalue weighted by molar-refractivity contribution is 0.134. The van der Waals surface area contributed by atoms with Gasteiger partial charge in [-0.2, -0.15) is 0 Å². The van der Waals surface area contributed by atoms with Gasteiger partial charge in [0.2, 0.25) is 0 Å². The van der Waals surface area contributed by atoms with Gasteiger partial charge >= 0.3 is 6.03 Å². The van der Waals surface area contributed by atoms with E-state index in [-0.39, 0.29) is 11.8 Å². The summed E-state index contributed by atoms with van der Waals surface area (Å²) in [6, 6.07) is 6.73. The number of halogens is 1. The van der Waals surface area contributed by atoms with Gasteiger partial charge in [-0.05, 0) is 19.9 Å². The van der Waals surface area contributed by atoms with Crippen LogP contribution in [0.4, 0.5) is 9.18 Å². The first kappa shape index (κ1) is 17.4. The van der Waals surface area contributed by atoms with Crippen LogP contribution in [0.3, 0.4) is 0 Å². The highest BCUT2D eigenvalue weighted by atomic mass is 19.1. The third kappa shape index (κ3) is 4.17. The SMILES string of the molecule is Cc1noc(C)c1CNC(=O)N1CCN(Cc2ccccc2F)CC1. The van der Waals surface area contributed by atoms with Crippen molar-refractivity contribution in [3.63, 3.8) is 0 Å². The minimum absolute atomic E-state index is 0.0921. The fraction of sp³-hybridized carbons (Fsp3) is 0.444. The van der Waals surface area contributed by atoms with Crippen LogP contribution in [-0.2, 0) is 13.1 Å². The second-order valence-electron chi connectivity index (χ2n) is 6.32. The average Bonchev–Trinajstić information content (AvgIpc) is 2.93. The summed E-state index contributed by atoms with van der Waals surface area (Å²) in [6.07, 6.45) is 0. The van der Waals surface area contributed by atoms with E-state index in [0.717, 1.165) is 30.1 Å². The molecule has 6 nitrogen and oxygen atoms in total. The summed E-state index contributed by atoms with van der Waals surface area (Å²) in [6.45, 7) is 7.39. The van der Waals surface area contributed by atoms with Crippen molar-refractivity contribution in [2.24, 2.45) is 0 Å². The molecule has 134 valence electrons. The Morgan fingerprint density at radius 1 is 1.24 bits per heavy atom. The molecule has 1 aliphatic rings. The summed E-state index contributed by atoms with van der Waals surface area (Å²) < 4.78 is 18.8. The Balaban J connectivity index is 1.47. The van der Waals surface area contributed by atoms with Crippen molar-refractivity contribution in [3.8, 4) is 0 Å². The second kappa shape index (κ2) is 7.65. The molecule has 1 aliphatic heterocycles. The first-order chi connectivity index (χ1) is 12.0. The monoisotopic (exact) mass is 346 g/mol. The molecule has 3 rings (SSSR count). The Morgan fingerprint density at radius 2 is 1.96 bits per heavy atom. The van der Waals surface area contributed by atoms with E-state index in [9.17, 15) is 9.18 Å². The van der Waals surface area contributed by atoms with Gasteiger partial charge in [0.25, 0.3) is 0 Å². The molecule has 1 saturated heterocycles. The molecule has 0 unspecified atom stereocenters. The number of benzene rings is 1. The number of nitrogens with zero attached hydrogens (tertiary/aromatic N) is 3. The summed E-state index contributed by atoms with van der Waals surface area (Å²) in [7, 11) is 0. The quantitative estimate of drug-likeness (QED) is 0.924. The van der Waals surface area contributed by atoms with E-state index < -0.39 is 0 Å². The highest BCUT2D eigenvalue weighted by molar-refractivity contribution is 5.74. The first-order valence-corrected chi connectivity index (χ1v) is 8.45. The summed E-state index contributed by atoms with van der Waals surface area (Å²) in [5.41, 5.74) is 2.41. The number of carbonyl (C=O) groups excluding carboxylic acids is 1. The van der Waals surface area contributed by atoms with E-state index in [1.54, 1.807) is 17.0 Å². The molecule has 2 amide bonds. The molecule has 0 radical (unpaired) electrons. The average molecular weight is 346 g/mol. The molecule has 1 N–H and O–H groups in total. The molecule has 0 atom stereocenters. The Labute approximate surface area is 146 Å². The van der Waals surface area contributed by atoms with Crippen LogP contribution < -0.4 is 5.32 Å². The van der Waals surface area contributed by atoms with Crippen molar-refractivity contribution >= 4 is 6.03 Å². The molecule has 1 fully saturated rings. The largest absolute Gasteiger partial charge is 0.361 e. The third-order valence-electron chi connectivity index (χ3n) is 4.61. The Bertz CT molecular complexity index is 719. The first-order valence-electron chi connectivity index (χ1n) is 8.45. The minimum atomic E-state index is -0.179. The summed E-state index contributed by atoms with van der Waals surface area (Å²) in [5.74, 6) is 0.551. The lowest BCUT2D eigenvalue weighted by Gasteiger charge is -2.34. The van der Waals surface area contributed by atoms with E-state index in [1.807, 2.05) is 19.9 Å². The number of amides is 2. The number of aromatic nitrogens is 1. The highest BCUT2D eigenvalue weighted by Crippen LogP contribution is 2.13. The van der Waals surface area contributed by atoms with Gasteiger partial charge in [-0.15, -0.1) is 0 Å². The molecule has 1 aromatic carbocycles. The van der Waals surface area contributed by atoms with Crippen LogP contribution in [0.25, 0.3) is 0 Å². The molecule has 1 aromatic heterocycles. The van der Waals surface area contributed by atoms with Gasteiger partial charge in [0, 0.05) is 50.4 Å². The zero-order valence-electron chi connectivity index (χ0n) is 14.6. The highest BCUT2D eigenvalue weighted by Gasteiger charge is 2.22. The van der Waals surface area contributed by atoms with Gasteiger partial charge in [-0.25, -0.2) is 9.18 Å². The number of nitrogens with one attached hydrogen (secondary N) is 1. The zero-order valence-corrected chi connectivity index (χ0v) is 14.6. The normalized spacial score (nSPS) is 15.4. The predicted molar refractivity (Wildman–Crippen MR) is 91.5 cm³/mol. The van der Waals surface area contributed by atoms with Crippen LogP contribution in [0.5, 0.6) is 0 Å². The summed E-state index contributed by atoms with van der Waals surface area (Å²) in [5, 5.41) is 6.80. The smallest absolute Gasteiger partial charge is 0.317 e. The molecular formula is C18H23FN4O2. The van der Waals surface area contributed by atoms with E-state index in [1.165, 1.54) is 6.07 Å². The van der Waals surface area contributed by atoms with Crippen LogP contribution in [-0.4, -0.2) is 47.2 Å². The maximum absolute atomic E-state index is 13.7. The Kier molecular flexibility index (Phi) is 5.33. The van der Waals surface area contributed by atoms with Crippen LogP contribution in [0.15, 0.2) is 28.8 Å². The molecule has 0 aliphatic carbocycles. The number of carbonyl (C=O) groups is 1.